The first-order chi connectivity index (χ1) is 14.4. The lowest BCUT2D eigenvalue weighted by molar-refractivity contribution is -0.385. The predicted octanol–water partition coefficient (Wildman–Crippen LogP) is 5.47. The molecule has 8 nitrogen and oxygen atoms in total. The maximum Gasteiger partial charge on any atom is 0.274 e. The van der Waals surface area contributed by atoms with Crippen LogP contribution in [0.1, 0.15) is 5.56 Å². The first-order valence-corrected chi connectivity index (χ1v) is 9.78. The molecule has 0 aliphatic heterocycles. The fourth-order valence-electron chi connectivity index (χ4n) is 2.86. The molecule has 3 aromatic carbocycles. The van der Waals surface area contributed by atoms with E-state index in [1.54, 1.807) is 18.2 Å². The number of hydrogen-bond donors (Lipinski definition) is 1. The highest BCUT2D eigenvalue weighted by Crippen LogP contribution is 2.34. The van der Waals surface area contributed by atoms with Gasteiger partial charge < -0.3 is 14.3 Å². The van der Waals surface area contributed by atoms with Crippen LogP contribution in [0.25, 0.3) is 22.6 Å². The first-order valence-electron chi connectivity index (χ1n) is 8.70. The minimum Gasteiger partial charge on any atom is -0.504 e. The summed E-state index contributed by atoms with van der Waals surface area (Å²) in [6, 6.07) is 15.4. The van der Waals surface area contributed by atoms with Crippen LogP contribution in [0.4, 0.5) is 11.4 Å². The van der Waals surface area contributed by atoms with E-state index in [4.69, 9.17) is 9.15 Å². The fraction of sp³-hybridized carbons (Fsp3) is 0.0476. The molecule has 1 aromatic heterocycles. The zero-order valence-electron chi connectivity index (χ0n) is 15.6. The highest BCUT2D eigenvalue weighted by molar-refractivity contribution is 14.1. The molecule has 150 valence electrons. The summed E-state index contributed by atoms with van der Waals surface area (Å²) in [5, 5.41) is 21.3. The number of fused-ring (bicyclic) bond motifs is 1. The number of nitro benzene ring substituents is 1. The molecule has 0 aliphatic carbocycles. The number of nitrogens with zero attached hydrogens (tertiary/aromatic N) is 3. The van der Waals surface area contributed by atoms with Crippen molar-refractivity contribution in [3.63, 3.8) is 0 Å². The summed E-state index contributed by atoms with van der Waals surface area (Å²) >= 11 is 2.23. The average Bonchev–Trinajstić information content (AvgIpc) is 3.16. The summed E-state index contributed by atoms with van der Waals surface area (Å²) in [6.45, 7) is 0. The number of aromatic hydroxyl groups is 1. The van der Waals surface area contributed by atoms with Gasteiger partial charge in [-0.15, -0.1) is 0 Å². The van der Waals surface area contributed by atoms with Crippen molar-refractivity contribution in [1.82, 2.24) is 4.98 Å². The third-order valence-corrected chi connectivity index (χ3v) is 4.99. The van der Waals surface area contributed by atoms with Crippen LogP contribution in [0.5, 0.6) is 11.5 Å². The van der Waals surface area contributed by atoms with Crippen molar-refractivity contribution in [2.45, 2.75) is 0 Å². The van der Waals surface area contributed by atoms with E-state index in [9.17, 15) is 15.2 Å². The van der Waals surface area contributed by atoms with Gasteiger partial charge in [0.15, 0.2) is 17.1 Å². The van der Waals surface area contributed by atoms with Gasteiger partial charge in [0, 0.05) is 27.0 Å². The SMILES string of the molecule is COc1cc([N+](=O)[O-])cc(C=Nc2ccc3oc(-c4cccc(I)c4)nc3c2)c1O. The Kier molecular flexibility index (Phi) is 5.36. The molecule has 0 spiro atoms. The van der Waals surface area contributed by atoms with E-state index < -0.39 is 4.92 Å². The Bertz CT molecular complexity index is 1300. The molecule has 4 rings (SSSR count). The van der Waals surface area contributed by atoms with Crippen molar-refractivity contribution in [2.24, 2.45) is 4.99 Å². The second-order valence-corrected chi connectivity index (χ2v) is 7.53. The van der Waals surface area contributed by atoms with Crippen LogP contribution < -0.4 is 4.74 Å². The van der Waals surface area contributed by atoms with Crippen molar-refractivity contribution < 1.29 is 19.2 Å². The Hall–Kier alpha value is -3.47. The molecular formula is C21H14IN3O5. The molecule has 0 saturated carbocycles. The second kappa shape index (κ2) is 8.11. The lowest BCUT2D eigenvalue weighted by Crippen LogP contribution is -1.94. The van der Waals surface area contributed by atoms with Gasteiger partial charge in [-0.05, 0) is 59.0 Å². The van der Waals surface area contributed by atoms with Crippen LogP contribution in [-0.4, -0.2) is 28.3 Å². The molecule has 0 amide bonds. The summed E-state index contributed by atoms with van der Waals surface area (Å²) in [4.78, 5) is 19.4. The van der Waals surface area contributed by atoms with Crippen LogP contribution in [0.2, 0.25) is 0 Å². The molecule has 1 heterocycles. The highest BCUT2D eigenvalue weighted by atomic mass is 127. The van der Waals surface area contributed by atoms with Crippen molar-refractivity contribution in [3.8, 4) is 23.0 Å². The molecule has 9 heteroatoms. The minimum absolute atomic E-state index is 0.000242. The molecule has 0 radical (unpaired) electrons. The smallest absolute Gasteiger partial charge is 0.274 e. The summed E-state index contributed by atoms with van der Waals surface area (Å²) in [5.74, 6) is 0.279. The molecule has 30 heavy (non-hydrogen) atoms. The fourth-order valence-corrected chi connectivity index (χ4v) is 3.40. The Morgan fingerprint density at radius 2 is 2.07 bits per heavy atom. The largest absolute Gasteiger partial charge is 0.504 e. The number of benzene rings is 3. The minimum atomic E-state index is -0.562. The van der Waals surface area contributed by atoms with Gasteiger partial charge in [0.1, 0.15) is 5.52 Å². The number of nitro groups is 1. The van der Waals surface area contributed by atoms with Crippen LogP contribution in [0.3, 0.4) is 0 Å². The predicted molar refractivity (Wildman–Crippen MR) is 121 cm³/mol. The maximum absolute atomic E-state index is 11.1. The quantitative estimate of drug-likeness (QED) is 0.163. The lowest BCUT2D eigenvalue weighted by Gasteiger charge is -2.05. The number of non-ortho nitro benzene ring substituents is 1. The third kappa shape index (κ3) is 3.96. The summed E-state index contributed by atoms with van der Waals surface area (Å²) in [6.07, 6.45) is 1.34. The van der Waals surface area contributed by atoms with Gasteiger partial charge in [-0.2, -0.15) is 0 Å². The number of rotatable bonds is 5. The maximum atomic E-state index is 11.1. The number of phenols is 1. The number of oxazole rings is 1. The molecule has 0 saturated heterocycles. The molecule has 0 bridgehead atoms. The van der Waals surface area contributed by atoms with Crippen molar-refractivity contribution in [3.05, 3.63) is 73.8 Å². The van der Waals surface area contributed by atoms with Crippen molar-refractivity contribution in [2.75, 3.05) is 7.11 Å². The van der Waals surface area contributed by atoms with Gasteiger partial charge in [-0.25, -0.2) is 4.98 Å². The zero-order valence-corrected chi connectivity index (χ0v) is 17.7. The standard InChI is InChI=1S/C21H14IN3O5/c1-29-19-10-16(25(27)28)8-13(20(19)26)11-23-15-5-6-18-17(9-15)24-21(30-18)12-3-2-4-14(22)7-12/h2-11,26H,1H3. The molecule has 0 unspecified atom stereocenters. The van der Waals surface area contributed by atoms with E-state index in [-0.39, 0.29) is 22.7 Å². The number of methoxy groups -OCH3 is 1. The van der Waals surface area contributed by atoms with E-state index in [0.29, 0.717) is 22.7 Å². The number of ether oxygens (including phenoxy) is 1. The Labute approximate surface area is 184 Å². The Morgan fingerprint density at radius 3 is 2.80 bits per heavy atom. The zero-order chi connectivity index (χ0) is 21.3. The van der Waals surface area contributed by atoms with E-state index >= 15 is 0 Å². The number of aliphatic imine (C=N–C) groups is 1. The van der Waals surface area contributed by atoms with Gasteiger partial charge in [0.2, 0.25) is 5.89 Å². The number of phenolic OH excluding ortho intramolecular Hbond substituents is 1. The molecule has 0 fully saturated rings. The van der Waals surface area contributed by atoms with E-state index in [1.807, 2.05) is 24.3 Å². The second-order valence-electron chi connectivity index (χ2n) is 6.28. The summed E-state index contributed by atoms with van der Waals surface area (Å²) in [7, 11) is 1.32. The molecule has 4 aromatic rings. The van der Waals surface area contributed by atoms with Gasteiger partial charge >= 0.3 is 0 Å². The van der Waals surface area contributed by atoms with Crippen molar-refractivity contribution in [1.29, 1.82) is 0 Å². The van der Waals surface area contributed by atoms with Crippen LogP contribution in [-0.2, 0) is 0 Å². The highest BCUT2D eigenvalue weighted by Gasteiger charge is 2.16. The van der Waals surface area contributed by atoms with Gasteiger partial charge in [-0.1, -0.05) is 6.07 Å². The molecular weight excluding hydrogens is 501 g/mol. The van der Waals surface area contributed by atoms with E-state index in [2.05, 4.69) is 32.6 Å². The lowest BCUT2D eigenvalue weighted by atomic mass is 10.1. The van der Waals surface area contributed by atoms with Gasteiger partial charge in [0.05, 0.1) is 23.8 Å². The molecule has 0 aliphatic rings. The average molecular weight is 515 g/mol. The third-order valence-electron chi connectivity index (χ3n) is 4.32. The Morgan fingerprint density at radius 1 is 1.23 bits per heavy atom. The van der Waals surface area contributed by atoms with E-state index in [0.717, 1.165) is 15.2 Å². The first kappa shape index (κ1) is 19.8. The molecule has 1 N–H and O–H groups in total. The Balaban J connectivity index is 1.68. The van der Waals surface area contributed by atoms with Crippen LogP contribution in [0.15, 0.2) is 64.0 Å². The van der Waals surface area contributed by atoms with E-state index in [1.165, 1.54) is 19.4 Å². The normalized spacial score (nSPS) is 11.3. The molecule has 0 atom stereocenters. The summed E-state index contributed by atoms with van der Waals surface area (Å²) < 4.78 is 11.9. The number of hydrogen-bond acceptors (Lipinski definition) is 7. The van der Waals surface area contributed by atoms with Crippen LogP contribution >= 0.6 is 22.6 Å². The summed E-state index contributed by atoms with van der Waals surface area (Å²) in [5.41, 5.74) is 2.62. The number of halogens is 1. The topological polar surface area (TPSA) is 111 Å². The van der Waals surface area contributed by atoms with Crippen LogP contribution in [0, 0.1) is 13.7 Å². The van der Waals surface area contributed by atoms with Gasteiger partial charge in [0.25, 0.3) is 5.69 Å². The van der Waals surface area contributed by atoms with Gasteiger partial charge in [-0.3, -0.25) is 15.1 Å². The van der Waals surface area contributed by atoms with Crippen molar-refractivity contribution >= 4 is 51.3 Å². The monoisotopic (exact) mass is 515 g/mol. The number of aromatic nitrogens is 1.